The number of hydrogen-bond acceptors (Lipinski definition) is 3. The normalized spacial score (nSPS) is 23.1. The highest BCUT2D eigenvalue weighted by molar-refractivity contribution is 5.96. The van der Waals surface area contributed by atoms with E-state index in [1.807, 2.05) is 0 Å². The van der Waals surface area contributed by atoms with E-state index >= 15 is 0 Å². The molecule has 0 aromatic carbocycles. The van der Waals surface area contributed by atoms with Crippen molar-refractivity contribution in [1.82, 2.24) is 4.90 Å². The van der Waals surface area contributed by atoms with Gasteiger partial charge < -0.3 is 4.74 Å². The second-order valence-electron chi connectivity index (χ2n) is 6.28. The van der Waals surface area contributed by atoms with Crippen LogP contribution in [0, 0.1) is 0 Å². The van der Waals surface area contributed by atoms with Crippen LogP contribution in [0.25, 0.3) is 0 Å². The van der Waals surface area contributed by atoms with E-state index in [4.69, 9.17) is 4.74 Å². The van der Waals surface area contributed by atoms with E-state index in [9.17, 15) is 18.0 Å². The van der Waals surface area contributed by atoms with E-state index in [1.54, 1.807) is 20.8 Å². The van der Waals surface area contributed by atoms with Crippen molar-refractivity contribution in [3.05, 3.63) is 11.8 Å². The fourth-order valence-corrected chi connectivity index (χ4v) is 2.48. The molecular formula is C14H19F3N2O2. The molecule has 2 heterocycles. The Morgan fingerprint density at radius 1 is 1.38 bits per heavy atom. The number of likely N-dealkylation sites (tertiary alicyclic amines) is 1. The quantitative estimate of drug-likeness (QED) is 0.741. The fourth-order valence-electron chi connectivity index (χ4n) is 2.48. The molecule has 0 aliphatic carbocycles. The van der Waals surface area contributed by atoms with E-state index in [0.717, 1.165) is 12.6 Å². The molecule has 1 atom stereocenters. The van der Waals surface area contributed by atoms with Crippen molar-refractivity contribution >= 4 is 11.8 Å². The number of aliphatic imine (C=N–C) groups is 1. The smallest absolute Gasteiger partial charge is 0.414 e. The Bertz CT molecular complexity index is 489. The number of amides is 1. The Morgan fingerprint density at radius 3 is 2.57 bits per heavy atom. The Morgan fingerprint density at radius 2 is 2.05 bits per heavy atom. The fraction of sp³-hybridized carbons (Fsp3) is 0.714. The van der Waals surface area contributed by atoms with Crippen LogP contribution in [0.4, 0.5) is 18.0 Å². The molecule has 0 aromatic heterocycles. The summed E-state index contributed by atoms with van der Waals surface area (Å²) in [5.74, 6) is 0. The van der Waals surface area contributed by atoms with E-state index < -0.39 is 29.5 Å². The van der Waals surface area contributed by atoms with Gasteiger partial charge >= 0.3 is 12.3 Å². The Labute approximate surface area is 121 Å². The van der Waals surface area contributed by atoms with Gasteiger partial charge in [0.05, 0.1) is 11.6 Å². The molecule has 0 spiro atoms. The van der Waals surface area contributed by atoms with Crippen LogP contribution >= 0.6 is 0 Å². The summed E-state index contributed by atoms with van der Waals surface area (Å²) in [5.41, 5.74) is -0.892. The number of carbonyl (C=O) groups is 1. The highest BCUT2D eigenvalue weighted by Crippen LogP contribution is 2.34. The molecule has 0 aromatic rings. The number of alkyl halides is 3. The van der Waals surface area contributed by atoms with Crippen LogP contribution in [0.15, 0.2) is 16.8 Å². The van der Waals surface area contributed by atoms with E-state index in [1.165, 1.54) is 4.90 Å². The highest BCUT2D eigenvalue weighted by atomic mass is 19.4. The Kier molecular flexibility index (Phi) is 4.04. The monoisotopic (exact) mass is 304 g/mol. The molecule has 21 heavy (non-hydrogen) atoms. The summed E-state index contributed by atoms with van der Waals surface area (Å²) in [6, 6.07) is -0.393. The van der Waals surface area contributed by atoms with Gasteiger partial charge in [-0.1, -0.05) is 0 Å². The van der Waals surface area contributed by atoms with Gasteiger partial charge in [-0.25, -0.2) is 4.79 Å². The first-order chi connectivity index (χ1) is 9.58. The molecule has 0 N–H and O–H groups in total. The minimum atomic E-state index is -4.36. The van der Waals surface area contributed by atoms with Gasteiger partial charge in [-0.05, 0) is 33.6 Å². The van der Waals surface area contributed by atoms with Crippen molar-refractivity contribution in [2.45, 2.75) is 57.9 Å². The number of halogens is 3. The molecule has 0 saturated carbocycles. The molecule has 1 amide bonds. The van der Waals surface area contributed by atoms with Gasteiger partial charge in [0.2, 0.25) is 0 Å². The average molecular weight is 304 g/mol. The number of nitrogens with zero attached hydrogens (tertiary/aromatic N) is 2. The van der Waals surface area contributed by atoms with Crippen molar-refractivity contribution in [2.24, 2.45) is 4.99 Å². The second kappa shape index (κ2) is 5.35. The summed E-state index contributed by atoms with van der Waals surface area (Å²) in [6.45, 7) is 5.76. The van der Waals surface area contributed by atoms with E-state index in [0.29, 0.717) is 18.7 Å². The van der Waals surface area contributed by atoms with Gasteiger partial charge in [0.1, 0.15) is 5.60 Å². The lowest BCUT2D eigenvalue weighted by Crippen LogP contribution is -2.43. The summed E-state index contributed by atoms with van der Waals surface area (Å²) in [4.78, 5) is 17.5. The van der Waals surface area contributed by atoms with Crippen molar-refractivity contribution < 1.29 is 22.7 Å². The largest absolute Gasteiger partial charge is 0.444 e. The summed E-state index contributed by atoms with van der Waals surface area (Å²) < 4.78 is 43.3. The molecule has 0 bridgehead atoms. The molecule has 0 unspecified atom stereocenters. The van der Waals surface area contributed by atoms with Gasteiger partial charge in [-0.2, -0.15) is 13.2 Å². The molecule has 118 valence electrons. The second-order valence-corrected chi connectivity index (χ2v) is 6.28. The number of hydrogen-bond donors (Lipinski definition) is 0. The molecule has 7 heteroatoms. The maximum absolute atomic E-state index is 12.7. The summed E-state index contributed by atoms with van der Waals surface area (Å²) in [5, 5.41) is 0. The first-order valence-corrected chi connectivity index (χ1v) is 6.90. The average Bonchev–Trinajstić information content (AvgIpc) is 2.94. The number of ether oxygens (including phenoxy) is 1. The number of rotatable bonds is 1. The molecule has 1 fully saturated rings. The number of allylic oxidation sites excluding steroid dienone is 1. The number of carbonyl (C=O) groups excluding carboxylic acids is 1. The SMILES string of the molecule is CC(C)(C)OC(=O)N1CCC[C@H]1C1=NC=C(C(F)(F)F)C1. The Hall–Kier alpha value is -1.53. The summed E-state index contributed by atoms with van der Waals surface area (Å²) >= 11 is 0. The zero-order chi connectivity index (χ0) is 15.8. The van der Waals surface area contributed by atoms with Crippen LogP contribution in [0.1, 0.15) is 40.0 Å². The Balaban J connectivity index is 2.03. The minimum Gasteiger partial charge on any atom is -0.444 e. The first-order valence-electron chi connectivity index (χ1n) is 6.90. The predicted octanol–water partition coefficient (Wildman–Crippen LogP) is 3.68. The van der Waals surface area contributed by atoms with E-state index in [-0.39, 0.29) is 6.42 Å². The van der Waals surface area contributed by atoms with Crippen molar-refractivity contribution in [3.63, 3.8) is 0 Å². The first kappa shape index (κ1) is 15.9. The van der Waals surface area contributed by atoms with Gasteiger partial charge in [-0.3, -0.25) is 9.89 Å². The topological polar surface area (TPSA) is 41.9 Å². The molecule has 2 aliphatic heterocycles. The summed E-state index contributed by atoms with van der Waals surface area (Å²) in [6.07, 6.45) is -2.87. The standard InChI is InChI=1S/C14H19F3N2O2/c1-13(2,3)21-12(20)19-6-4-5-11(19)10-7-9(8-18-10)14(15,16)17/h8,11H,4-7H2,1-3H3/t11-/m0/s1. The third kappa shape index (κ3) is 3.77. The lowest BCUT2D eigenvalue weighted by molar-refractivity contribution is -0.0923. The van der Waals surface area contributed by atoms with Crippen molar-refractivity contribution in [1.29, 1.82) is 0 Å². The minimum absolute atomic E-state index is 0.243. The van der Waals surface area contributed by atoms with Crippen LogP contribution in [0.5, 0.6) is 0 Å². The van der Waals surface area contributed by atoms with Crippen LogP contribution in [0.2, 0.25) is 0 Å². The predicted molar refractivity (Wildman–Crippen MR) is 72.2 cm³/mol. The molecule has 4 nitrogen and oxygen atoms in total. The van der Waals surface area contributed by atoms with E-state index in [2.05, 4.69) is 4.99 Å². The van der Waals surface area contributed by atoms with Crippen LogP contribution < -0.4 is 0 Å². The zero-order valence-electron chi connectivity index (χ0n) is 12.3. The van der Waals surface area contributed by atoms with Gasteiger partial charge in [0, 0.05) is 24.9 Å². The van der Waals surface area contributed by atoms with Crippen LogP contribution in [0.3, 0.4) is 0 Å². The molecule has 2 aliphatic rings. The van der Waals surface area contributed by atoms with Gasteiger partial charge in [0.25, 0.3) is 0 Å². The molecule has 2 rings (SSSR count). The molecule has 1 saturated heterocycles. The van der Waals surface area contributed by atoms with Crippen molar-refractivity contribution in [3.8, 4) is 0 Å². The van der Waals surface area contributed by atoms with Gasteiger partial charge in [0.15, 0.2) is 0 Å². The lowest BCUT2D eigenvalue weighted by atomic mass is 10.0. The maximum atomic E-state index is 12.7. The maximum Gasteiger partial charge on any atom is 0.414 e. The molecule has 0 radical (unpaired) electrons. The third-order valence-electron chi connectivity index (χ3n) is 3.39. The third-order valence-corrected chi connectivity index (χ3v) is 3.39. The van der Waals surface area contributed by atoms with Crippen LogP contribution in [-0.4, -0.2) is 41.1 Å². The highest BCUT2D eigenvalue weighted by Gasteiger charge is 2.41. The molecular weight excluding hydrogens is 285 g/mol. The van der Waals surface area contributed by atoms with Gasteiger partial charge in [-0.15, -0.1) is 0 Å². The summed E-state index contributed by atoms with van der Waals surface area (Å²) in [7, 11) is 0. The zero-order valence-corrected chi connectivity index (χ0v) is 12.3. The lowest BCUT2D eigenvalue weighted by Gasteiger charge is -2.28. The van der Waals surface area contributed by atoms with Crippen molar-refractivity contribution in [2.75, 3.05) is 6.54 Å². The van der Waals surface area contributed by atoms with Crippen LogP contribution in [-0.2, 0) is 4.74 Å².